The van der Waals surface area contributed by atoms with Gasteiger partial charge in [0.15, 0.2) is 11.5 Å². The lowest BCUT2D eigenvalue weighted by Crippen LogP contribution is -2.54. The maximum atomic E-state index is 13.0. The largest absolute Gasteiger partial charge is 0.493 e. The molecule has 37 heavy (non-hydrogen) atoms. The van der Waals surface area contributed by atoms with E-state index in [4.69, 9.17) is 21.1 Å². The molecule has 3 aromatic rings. The molecule has 0 aromatic heterocycles. The van der Waals surface area contributed by atoms with E-state index in [2.05, 4.69) is 5.32 Å². The number of imide groups is 2. The number of nitrogens with one attached hydrogen (secondary N) is 1. The zero-order chi connectivity index (χ0) is 26.7. The van der Waals surface area contributed by atoms with Crippen LogP contribution < -0.4 is 19.7 Å². The number of amides is 4. The van der Waals surface area contributed by atoms with Crippen molar-refractivity contribution < 1.29 is 33.6 Å². The van der Waals surface area contributed by atoms with E-state index >= 15 is 0 Å². The molecule has 12 heteroatoms. The summed E-state index contributed by atoms with van der Waals surface area (Å²) in [6.07, 6.45) is 1.26. The predicted molar refractivity (Wildman–Crippen MR) is 132 cm³/mol. The lowest BCUT2D eigenvalue weighted by Gasteiger charge is -2.26. The number of barbiturate groups is 1. The fourth-order valence-corrected chi connectivity index (χ4v) is 3.51. The highest BCUT2D eigenvalue weighted by Crippen LogP contribution is 2.31. The van der Waals surface area contributed by atoms with Gasteiger partial charge in [-0.2, -0.15) is 0 Å². The minimum absolute atomic E-state index is 0.0328. The van der Waals surface area contributed by atoms with Gasteiger partial charge >= 0.3 is 12.0 Å². The van der Waals surface area contributed by atoms with Gasteiger partial charge in [0.2, 0.25) is 0 Å². The van der Waals surface area contributed by atoms with E-state index in [1.54, 1.807) is 0 Å². The van der Waals surface area contributed by atoms with Gasteiger partial charge in [0.25, 0.3) is 17.5 Å². The van der Waals surface area contributed by atoms with Crippen LogP contribution in [0, 0.1) is 10.1 Å². The van der Waals surface area contributed by atoms with Gasteiger partial charge in [0.1, 0.15) is 5.57 Å². The van der Waals surface area contributed by atoms with Crippen molar-refractivity contribution >= 4 is 52.9 Å². The Morgan fingerprint density at radius 2 is 1.68 bits per heavy atom. The number of carbonyl (C=O) groups is 4. The Hall–Kier alpha value is -5.03. The maximum absolute atomic E-state index is 13.0. The average Bonchev–Trinajstić information content (AvgIpc) is 2.88. The Balaban J connectivity index is 1.59. The van der Waals surface area contributed by atoms with Gasteiger partial charge in [0.05, 0.1) is 23.3 Å². The summed E-state index contributed by atoms with van der Waals surface area (Å²) in [5.41, 5.74) is 0.152. The Morgan fingerprint density at radius 1 is 1.00 bits per heavy atom. The summed E-state index contributed by atoms with van der Waals surface area (Å²) in [4.78, 5) is 61.3. The molecular formula is C25H16ClN3O8. The van der Waals surface area contributed by atoms with E-state index < -0.39 is 28.7 Å². The summed E-state index contributed by atoms with van der Waals surface area (Å²) >= 11 is 5.87. The van der Waals surface area contributed by atoms with Crippen molar-refractivity contribution in [1.82, 2.24) is 5.32 Å². The number of nitro groups is 1. The summed E-state index contributed by atoms with van der Waals surface area (Å²) in [7, 11) is 1.33. The van der Waals surface area contributed by atoms with Crippen molar-refractivity contribution in [2.45, 2.75) is 0 Å². The number of ether oxygens (including phenoxy) is 2. The Kier molecular flexibility index (Phi) is 6.98. The fourth-order valence-electron chi connectivity index (χ4n) is 3.39. The molecule has 1 N–H and O–H groups in total. The van der Waals surface area contributed by atoms with E-state index in [0.29, 0.717) is 10.6 Å². The van der Waals surface area contributed by atoms with Crippen molar-refractivity contribution in [2.24, 2.45) is 0 Å². The molecule has 4 amide bonds. The molecular weight excluding hydrogens is 506 g/mol. The number of nitro benzene ring substituents is 1. The van der Waals surface area contributed by atoms with E-state index in [-0.39, 0.29) is 34.0 Å². The molecule has 11 nitrogen and oxygen atoms in total. The van der Waals surface area contributed by atoms with Gasteiger partial charge in [-0.05, 0) is 60.2 Å². The first-order valence-electron chi connectivity index (χ1n) is 10.5. The normalized spacial score (nSPS) is 14.4. The number of halogens is 1. The number of anilines is 1. The maximum Gasteiger partial charge on any atom is 0.343 e. The number of hydrogen-bond acceptors (Lipinski definition) is 8. The van der Waals surface area contributed by atoms with Crippen LogP contribution in [0.4, 0.5) is 16.2 Å². The molecule has 0 unspecified atom stereocenters. The van der Waals surface area contributed by atoms with E-state index in [0.717, 1.165) is 4.90 Å². The highest BCUT2D eigenvalue weighted by molar-refractivity contribution is 6.39. The molecule has 186 valence electrons. The van der Waals surface area contributed by atoms with Crippen molar-refractivity contribution in [3.63, 3.8) is 0 Å². The van der Waals surface area contributed by atoms with E-state index in [1.807, 2.05) is 0 Å². The van der Waals surface area contributed by atoms with Crippen LogP contribution in [-0.4, -0.2) is 35.8 Å². The predicted octanol–water partition coefficient (Wildman–Crippen LogP) is 4.14. The number of hydrogen-bond donors (Lipinski definition) is 1. The molecule has 3 aromatic carbocycles. The molecule has 0 bridgehead atoms. The molecule has 0 radical (unpaired) electrons. The molecule has 4 rings (SSSR count). The third kappa shape index (κ3) is 5.31. The first-order chi connectivity index (χ1) is 17.7. The van der Waals surface area contributed by atoms with Gasteiger partial charge in [-0.1, -0.05) is 17.7 Å². The minimum Gasteiger partial charge on any atom is -0.493 e. The van der Waals surface area contributed by atoms with Crippen LogP contribution in [0.5, 0.6) is 11.5 Å². The molecule has 1 saturated heterocycles. The second-order valence-electron chi connectivity index (χ2n) is 7.54. The van der Waals surface area contributed by atoms with Crippen molar-refractivity contribution in [3.8, 4) is 11.5 Å². The zero-order valence-electron chi connectivity index (χ0n) is 19.0. The SMILES string of the molecule is COc1cc(/C=C2\C(=O)NC(=O)N(c3ccc(Cl)cc3)C2=O)ccc1OC(=O)c1ccc([N+](=O)[O-])cc1. The van der Waals surface area contributed by atoms with Crippen LogP contribution in [0.25, 0.3) is 6.08 Å². The molecule has 0 saturated carbocycles. The van der Waals surface area contributed by atoms with Gasteiger partial charge in [-0.15, -0.1) is 0 Å². The number of carbonyl (C=O) groups excluding carboxylic acids is 4. The van der Waals surface area contributed by atoms with E-state index in [1.165, 1.54) is 79.9 Å². The number of benzene rings is 3. The number of urea groups is 1. The standard InChI is InChI=1S/C25H16ClN3O8/c1-36-21-13-14(2-11-20(21)37-24(32)15-3-7-18(8-4-15)29(34)35)12-19-22(30)27-25(33)28(23(19)31)17-9-5-16(26)6-10-17/h2-13H,1H3,(H,27,30,33)/b19-12+. The van der Waals surface area contributed by atoms with Crippen LogP contribution in [0.3, 0.4) is 0 Å². The van der Waals surface area contributed by atoms with Crippen LogP contribution >= 0.6 is 11.6 Å². The second-order valence-corrected chi connectivity index (χ2v) is 7.97. The topological polar surface area (TPSA) is 145 Å². The molecule has 0 spiro atoms. The lowest BCUT2D eigenvalue weighted by atomic mass is 10.1. The van der Waals surface area contributed by atoms with Crippen LogP contribution in [0.2, 0.25) is 5.02 Å². The average molecular weight is 522 g/mol. The van der Waals surface area contributed by atoms with Crippen LogP contribution in [0.15, 0.2) is 72.3 Å². The highest BCUT2D eigenvalue weighted by Gasteiger charge is 2.36. The first kappa shape index (κ1) is 25.1. The number of esters is 1. The van der Waals surface area contributed by atoms with Crippen LogP contribution in [0.1, 0.15) is 15.9 Å². The summed E-state index contributed by atoms with van der Waals surface area (Å²) in [5, 5.41) is 13.3. The third-order valence-electron chi connectivity index (χ3n) is 5.20. The lowest BCUT2D eigenvalue weighted by molar-refractivity contribution is -0.384. The molecule has 0 aliphatic carbocycles. The minimum atomic E-state index is -0.902. The molecule has 1 fully saturated rings. The second kappa shape index (κ2) is 10.3. The molecule has 1 aliphatic rings. The van der Waals surface area contributed by atoms with Gasteiger partial charge in [0, 0.05) is 17.2 Å². The fraction of sp³-hybridized carbons (Fsp3) is 0.0400. The molecule has 0 atom stereocenters. The third-order valence-corrected chi connectivity index (χ3v) is 5.45. The van der Waals surface area contributed by atoms with Crippen molar-refractivity contribution in [2.75, 3.05) is 12.0 Å². The highest BCUT2D eigenvalue weighted by atomic mass is 35.5. The summed E-state index contributed by atoms with van der Waals surface area (Å²) < 4.78 is 10.6. The molecule has 1 heterocycles. The number of nitrogens with zero attached hydrogens (tertiary/aromatic N) is 2. The smallest absolute Gasteiger partial charge is 0.343 e. The Morgan fingerprint density at radius 3 is 2.30 bits per heavy atom. The quantitative estimate of drug-likeness (QED) is 0.127. The van der Waals surface area contributed by atoms with E-state index in [9.17, 15) is 29.3 Å². The summed E-state index contributed by atoms with van der Waals surface area (Å²) in [6.45, 7) is 0. The number of non-ortho nitro benzene ring substituents is 1. The Bertz CT molecular complexity index is 1470. The first-order valence-corrected chi connectivity index (χ1v) is 10.9. The van der Waals surface area contributed by atoms with Gasteiger partial charge in [-0.3, -0.25) is 25.0 Å². The number of methoxy groups -OCH3 is 1. The molecule has 1 aliphatic heterocycles. The summed E-state index contributed by atoms with van der Waals surface area (Å²) in [6, 6.07) is 14.2. The Labute approximate surface area is 214 Å². The van der Waals surface area contributed by atoms with Crippen molar-refractivity contribution in [1.29, 1.82) is 0 Å². The zero-order valence-corrected chi connectivity index (χ0v) is 19.7. The monoisotopic (exact) mass is 521 g/mol. The number of rotatable bonds is 6. The van der Waals surface area contributed by atoms with Crippen molar-refractivity contribution in [3.05, 3.63) is 98.6 Å². The summed E-state index contributed by atoms with van der Waals surface area (Å²) in [5.74, 6) is -2.36. The van der Waals surface area contributed by atoms with Crippen LogP contribution in [-0.2, 0) is 9.59 Å². The van der Waals surface area contributed by atoms with Gasteiger partial charge < -0.3 is 9.47 Å². The van der Waals surface area contributed by atoms with Gasteiger partial charge in [-0.25, -0.2) is 14.5 Å².